The predicted octanol–water partition coefficient (Wildman–Crippen LogP) is 1.81. The highest BCUT2D eigenvalue weighted by molar-refractivity contribution is 6.06. The number of nitrogens with one attached hydrogen (secondary N) is 1. The number of amides is 1. The van der Waals surface area contributed by atoms with Crippen molar-refractivity contribution >= 4 is 16.8 Å². The minimum Gasteiger partial charge on any atom is -0.360 e. The van der Waals surface area contributed by atoms with Crippen LogP contribution in [0.15, 0.2) is 47.4 Å². The van der Waals surface area contributed by atoms with Crippen molar-refractivity contribution in [2.75, 3.05) is 13.1 Å². The summed E-state index contributed by atoms with van der Waals surface area (Å²) in [4.78, 5) is 29.4. The van der Waals surface area contributed by atoms with Crippen molar-refractivity contribution in [1.82, 2.24) is 19.7 Å². The minimum absolute atomic E-state index is 0.0354. The Morgan fingerprint density at radius 1 is 1.25 bits per heavy atom. The number of nitrogens with zero attached hydrogens (tertiary/aromatic N) is 3. The molecule has 4 rings (SSSR count). The number of rotatable bonds is 3. The van der Waals surface area contributed by atoms with E-state index in [1.165, 1.54) is 10.7 Å². The van der Waals surface area contributed by atoms with E-state index in [1.807, 2.05) is 36.1 Å². The molecule has 1 saturated heterocycles. The zero-order valence-corrected chi connectivity index (χ0v) is 13.4. The Hall–Kier alpha value is -2.89. The summed E-state index contributed by atoms with van der Waals surface area (Å²) in [5.41, 5.74) is 2.39. The van der Waals surface area contributed by atoms with Gasteiger partial charge in [-0.25, -0.2) is 4.68 Å². The number of H-pyrrole nitrogens is 1. The van der Waals surface area contributed by atoms with Crippen LogP contribution in [0.4, 0.5) is 0 Å². The molecule has 0 unspecified atom stereocenters. The fourth-order valence-electron chi connectivity index (χ4n) is 3.20. The summed E-state index contributed by atoms with van der Waals surface area (Å²) in [7, 11) is 0. The van der Waals surface area contributed by atoms with Gasteiger partial charge in [0.25, 0.3) is 11.5 Å². The van der Waals surface area contributed by atoms with E-state index in [9.17, 15) is 9.59 Å². The predicted molar refractivity (Wildman–Crippen MR) is 90.9 cm³/mol. The third kappa shape index (κ3) is 2.50. The Balaban J connectivity index is 1.45. The highest BCUT2D eigenvalue weighted by atomic mass is 16.2. The second-order valence-electron chi connectivity index (χ2n) is 6.32. The first-order valence-electron chi connectivity index (χ1n) is 8.02. The van der Waals surface area contributed by atoms with Gasteiger partial charge in [-0.3, -0.25) is 9.59 Å². The number of hydrogen-bond donors (Lipinski definition) is 1. The summed E-state index contributed by atoms with van der Waals surface area (Å²) >= 11 is 0. The van der Waals surface area contributed by atoms with E-state index in [1.54, 1.807) is 12.3 Å². The fourth-order valence-corrected chi connectivity index (χ4v) is 3.20. The maximum Gasteiger partial charge on any atom is 0.266 e. The number of carbonyl (C=O) groups excluding carboxylic acids is 1. The van der Waals surface area contributed by atoms with Gasteiger partial charge in [0.2, 0.25) is 0 Å². The molecule has 1 aromatic carbocycles. The zero-order valence-electron chi connectivity index (χ0n) is 13.4. The number of aromatic nitrogens is 3. The van der Waals surface area contributed by atoms with E-state index in [2.05, 4.69) is 10.1 Å². The Morgan fingerprint density at radius 2 is 2.04 bits per heavy atom. The van der Waals surface area contributed by atoms with Gasteiger partial charge < -0.3 is 9.88 Å². The zero-order chi connectivity index (χ0) is 16.7. The molecule has 3 aromatic rings. The van der Waals surface area contributed by atoms with Gasteiger partial charge in [-0.15, -0.1) is 0 Å². The van der Waals surface area contributed by atoms with Crippen LogP contribution in [0.2, 0.25) is 0 Å². The van der Waals surface area contributed by atoms with Crippen molar-refractivity contribution < 1.29 is 4.79 Å². The molecule has 0 spiro atoms. The second-order valence-corrected chi connectivity index (χ2v) is 6.32. The molecule has 3 heterocycles. The molecule has 1 fully saturated rings. The van der Waals surface area contributed by atoms with E-state index in [0.29, 0.717) is 25.2 Å². The molecule has 0 saturated carbocycles. The molecule has 2 aromatic heterocycles. The van der Waals surface area contributed by atoms with Crippen LogP contribution in [0.1, 0.15) is 16.1 Å². The summed E-state index contributed by atoms with van der Waals surface area (Å²) in [5, 5.41) is 5.20. The molecule has 0 bridgehead atoms. The molecule has 1 aliphatic rings. The standard InChI is InChI=1S/C18H18N4O2/c1-12-6-7-17(23)22(20-12)11-13-9-21(10-13)18(24)15-8-19-16-5-3-2-4-14(15)16/h2-8,13,19H,9-11H2,1H3. The summed E-state index contributed by atoms with van der Waals surface area (Å²) in [6.07, 6.45) is 1.77. The molecule has 6 heteroatoms. The monoisotopic (exact) mass is 322 g/mol. The van der Waals surface area contributed by atoms with Gasteiger partial charge in [0, 0.05) is 42.2 Å². The number of hydrogen-bond acceptors (Lipinski definition) is 3. The number of fused-ring (bicyclic) bond motifs is 1. The smallest absolute Gasteiger partial charge is 0.266 e. The fraction of sp³-hybridized carbons (Fsp3) is 0.278. The molecule has 6 nitrogen and oxygen atoms in total. The molecule has 0 aliphatic carbocycles. The van der Waals surface area contributed by atoms with Crippen LogP contribution in [-0.4, -0.2) is 38.7 Å². The average molecular weight is 322 g/mol. The van der Waals surface area contributed by atoms with Crippen LogP contribution >= 0.6 is 0 Å². The van der Waals surface area contributed by atoms with Crippen LogP contribution in [-0.2, 0) is 6.54 Å². The largest absolute Gasteiger partial charge is 0.360 e. The summed E-state index contributed by atoms with van der Waals surface area (Å²) in [6, 6.07) is 11.0. The molecular weight excluding hydrogens is 304 g/mol. The summed E-state index contributed by atoms with van der Waals surface area (Å²) in [5.74, 6) is 0.305. The summed E-state index contributed by atoms with van der Waals surface area (Å²) < 4.78 is 1.49. The van der Waals surface area contributed by atoms with Gasteiger partial charge in [-0.2, -0.15) is 5.10 Å². The quantitative estimate of drug-likeness (QED) is 0.799. The normalized spacial score (nSPS) is 14.8. The first kappa shape index (κ1) is 14.7. The molecule has 24 heavy (non-hydrogen) atoms. The van der Waals surface area contributed by atoms with Crippen LogP contribution in [0.5, 0.6) is 0 Å². The number of aryl methyl sites for hydroxylation is 1. The molecule has 0 atom stereocenters. The van der Waals surface area contributed by atoms with E-state index in [-0.39, 0.29) is 17.4 Å². The molecule has 1 N–H and O–H groups in total. The van der Waals surface area contributed by atoms with Gasteiger partial charge in [0.15, 0.2) is 0 Å². The third-order valence-electron chi connectivity index (χ3n) is 4.50. The number of likely N-dealkylation sites (tertiary alicyclic amines) is 1. The molecule has 1 aliphatic heterocycles. The number of aromatic amines is 1. The second kappa shape index (κ2) is 5.63. The van der Waals surface area contributed by atoms with Crippen molar-refractivity contribution in [2.24, 2.45) is 5.92 Å². The lowest BCUT2D eigenvalue weighted by molar-refractivity contribution is 0.0460. The lowest BCUT2D eigenvalue weighted by Gasteiger charge is -2.39. The Morgan fingerprint density at radius 3 is 2.88 bits per heavy atom. The third-order valence-corrected chi connectivity index (χ3v) is 4.50. The average Bonchev–Trinajstić information content (AvgIpc) is 2.97. The summed E-state index contributed by atoms with van der Waals surface area (Å²) in [6.45, 7) is 3.72. The lowest BCUT2D eigenvalue weighted by atomic mass is 9.98. The highest BCUT2D eigenvalue weighted by Crippen LogP contribution is 2.24. The van der Waals surface area contributed by atoms with Crippen LogP contribution in [0, 0.1) is 12.8 Å². The van der Waals surface area contributed by atoms with E-state index >= 15 is 0 Å². The van der Waals surface area contributed by atoms with E-state index < -0.39 is 0 Å². The molecule has 1 amide bonds. The van der Waals surface area contributed by atoms with Gasteiger partial charge in [-0.1, -0.05) is 18.2 Å². The topological polar surface area (TPSA) is 71.0 Å². The highest BCUT2D eigenvalue weighted by Gasteiger charge is 2.32. The Kier molecular flexibility index (Phi) is 3.45. The van der Waals surface area contributed by atoms with Crippen molar-refractivity contribution in [3.8, 4) is 0 Å². The van der Waals surface area contributed by atoms with Crippen LogP contribution in [0.3, 0.4) is 0 Å². The van der Waals surface area contributed by atoms with E-state index in [4.69, 9.17) is 0 Å². The first-order valence-corrected chi connectivity index (χ1v) is 8.02. The van der Waals surface area contributed by atoms with Crippen LogP contribution in [0.25, 0.3) is 10.9 Å². The maximum atomic E-state index is 12.6. The van der Waals surface area contributed by atoms with Crippen molar-refractivity contribution in [3.05, 3.63) is 64.2 Å². The molecular formula is C18H18N4O2. The maximum absolute atomic E-state index is 12.6. The molecule has 122 valence electrons. The van der Waals surface area contributed by atoms with Gasteiger partial charge >= 0.3 is 0 Å². The van der Waals surface area contributed by atoms with Gasteiger partial charge in [0.05, 0.1) is 17.8 Å². The van der Waals surface area contributed by atoms with Crippen molar-refractivity contribution in [3.63, 3.8) is 0 Å². The van der Waals surface area contributed by atoms with Gasteiger partial charge in [-0.05, 0) is 19.1 Å². The number of benzene rings is 1. The SMILES string of the molecule is Cc1ccc(=O)n(CC2CN(C(=O)c3c[nH]c4ccccc34)C2)n1. The number of carbonyl (C=O) groups is 1. The van der Waals surface area contributed by atoms with E-state index in [0.717, 1.165) is 16.6 Å². The Labute approximate surface area is 138 Å². The lowest BCUT2D eigenvalue weighted by Crippen LogP contribution is -2.52. The minimum atomic E-state index is -0.0954. The van der Waals surface area contributed by atoms with Crippen molar-refractivity contribution in [2.45, 2.75) is 13.5 Å². The Bertz CT molecular complexity index is 966. The van der Waals surface area contributed by atoms with Crippen LogP contribution < -0.4 is 5.56 Å². The number of para-hydroxylation sites is 1. The van der Waals surface area contributed by atoms with Crippen molar-refractivity contribution in [1.29, 1.82) is 0 Å². The first-order chi connectivity index (χ1) is 11.6. The molecule has 0 radical (unpaired) electrons. The van der Waals surface area contributed by atoms with Gasteiger partial charge in [0.1, 0.15) is 0 Å².